The number of sulfonamides is 1. The fourth-order valence-corrected chi connectivity index (χ4v) is 4.51. The van der Waals surface area contributed by atoms with Crippen LogP contribution in [0.15, 0.2) is 24.3 Å². The first kappa shape index (κ1) is 16.5. The number of hydrogen-bond acceptors (Lipinski definition) is 3. The zero-order chi connectivity index (χ0) is 15.3. The molecule has 0 saturated heterocycles. The molecule has 0 aliphatic heterocycles. The van der Waals surface area contributed by atoms with Crippen molar-refractivity contribution in [1.29, 1.82) is 0 Å². The quantitative estimate of drug-likeness (QED) is 0.776. The molecule has 0 radical (unpaired) electrons. The van der Waals surface area contributed by atoms with E-state index in [1.807, 2.05) is 24.3 Å². The summed E-state index contributed by atoms with van der Waals surface area (Å²) in [5.41, 5.74) is 1.79. The molecule has 0 bridgehead atoms. The van der Waals surface area contributed by atoms with Gasteiger partial charge in [-0.15, -0.1) is 0 Å². The minimum atomic E-state index is -3.27. The monoisotopic (exact) mass is 310 g/mol. The molecule has 0 spiro atoms. The van der Waals surface area contributed by atoms with E-state index in [1.54, 1.807) is 0 Å². The molecule has 1 aromatic rings. The molecule has 0 aromatic heterocycles. The molecule has 0 atom stereocenters. The van der Waals surface area contributed by atoms with Gasteiger partial charge < -0.3 is 5.32 Å². The van der Waals surface area contributed by atoms with E-state index >= 15 is 0 Å². The summed E-state index contributed by atoms with van der Waals surface area (Å²) >= 11 is 0. The van der Waals surface area contributed by atoms with Crippen molar-refractivity contribution in [2.24, 2.45) is 0 Å². The van der Waals surface area contributed by atoms with Crippen LogP contribution < -0.4 is 10.0 Å². The van der Waals surface area contributed by atoms with Crippen molar-refractivity contribution in [3.05, 3.63) is 35.4 Å². The largest absolute Gasteiger partial charge is 0.313 e. The lowest BCUT2D eigenvalue weighted by Gasteiger charge is -2.41. The maximum absolute atomic E-state index is 12.4. The first-order valence-corrected chi connectivity index (χ1v) is 9.44. The molecule has 0 amide bonds. The van der Waals surface area contributed by atoms with Crippen molar-refractivity contribution in [2.45, 2.75) is 57.4 Å². The Bertz CT molecular complexity index is 560. The van der Waals surface area contributed by atoms with Gasteiger partial charge in [-0.3, -0.25) is 0 Å². The highest BCUT2D eigenvalue weighted by molar-refractivity contribution is 7.88. The van der Waals surface area contributed by atoms with Crippen LogP contribution in [0.1, 0.15) is 50.7 Å². The van der Waals surface area contributed by atoms with Crippen LogP contribution in [0, 0.1) is 0 Å². The predicted molar refractivity (Wildman–Crippen MR) is 86.5 cm³/mol. The minimum Gasteiger partial charge on any atom is -0.313 e. The second-order valence-electron chi connectivity index (χ2n) is 5.95. The normalized spacial score (nSPS) is 17.4. The molecule has 1 aliphatic rings. The summed E-state index contributed by atoms with van der Waals surface area (Å²) in [6.45, 7) is 5.79. The highest BCUT2D eigenvalue weighted by Gasteiger charge is 2.38. The van der Waals surface area contributed by atoms with Gasteiger partial charge in [0.1, 0.15) is 0 Å². The van der Waals surface area contributed by atoms with Crippen molar-refractivity contribution >= 4 is 10.0 Å². The summed E-state index contributed by atoms with van der Waals surface area (Å²) in [6, 6.07) is 7.80. The Hall–Kier alpha value is -0.910. The molecule has 1 aromatic carbocycles. The first-order chi connectivity index (χ1) is 9.99. The molecule has 1 aliphatic carbocycles. The predicted octanol–water partition coefficient (Wildman–Crippen LogP) is 2.55. The van der Waals surface area contributed by atoms with Gasteiger partial charge in [-0.05, 0) is 43.4 Å². The Morgan fingerprint density at radius 2 is 1.90 bits per heavy atom. The van der Waals surface area contributed by atoms with Crippen LogP contribution in [0.3, 0.4) is 0 Å². The summed E-state index contributed by atoms with van der Waals surface area (Å²) in [4.78, 5) is 0. The Balaban J connectivity index is 2.02. The standard InChI is InChI=1S/C16H26N2O2S/c1-3-16(9-6-10-16)18-21(19,20)13-15-8-5-7-14(11-15)12-17-4-2/h5,7-8,11,17-18H,3-4,6,9-10,12-13H2,1-2H3. The van der Waals surface area contributed by atoms with Crippen LogP contribution in [-0.4, -0.2) is 20.5 Å². The fraction of sp³-hybridized carbons (Fsp3) is 0.625. The zero-order valence-corrected chi connectivity index (χ0v) is 13.8. The van der Waals surface area contributed by atoms with Gasteiger partial charge in [0.15, 0.2) is 0 Å². The van der Waals surface area contributed by atoms with Gasteiger partial charge in [-0.1, -0.05) is 38.1 Å². The second kappa shape index (κ2) is 6.90. The number of rotatable bonds is 8. The fourth-order valence-electron chi connectivity index (χ4n) is 2.82. The third kappa shape index (κ3) is 4.53. The van der Waals surface area contributed by atoms with E-state index in [1.165, 1.54) is 0 Å². The smallest absolute Gasteiger partial charge is 0.216 e. The van der Waals surface area contributed by atoms with Crippen LogP contribution in [0.4, 0.5) is 0 Å². The highest BCUT2D eigenvalue weighted by atomic mass is 32.2. The molecule has 4 nitrogen and oxygen atoms in total. The average molecular weight is 310 g/mol. The number of benzene rings is 1. The third-order valence-corrected chi connectivity index (χ3v) is 5.74. The number of nitrogens with one attached hydrogen (secondary N) is 2. The van der Waals surface area contributed by atoms with E-state index in [2.05, 4.69) is 23.9 Å². The summed E-state index contributed by atoms with van der Waals surface area (Å²) in [5.74, 6) is 0.0642. The minimum absolute atomic E-state index is 0.0642. The Morgan fingerprint density at radius 3 is 2.48 bits per heavy atom. The number of hydrogen-bond donors (Lipinski definition) is 2. The van der Waals surface area contributed by atoms with E-state index in [4.69, 9.17) is 0 Å². The zero-order valence-electron chi connectivity index (χ0n) is 13.0. The molecular weight excluding hydrogens is 284 g/mol. The van der Waals surface area contributed by atoms with Gasteiger partial charge in [-0.2, -0.15) is 0 Å². The molecule has 1 saturated carbocycles. The van der Waals surface area contributed by atoms with E-state index in [9.17, 15) is 8.42 Å². The van der Waals surface area contributed by atoms with E-state index < -0.39 is 10.0 Å². The van der Waals surface area contributed by atoms with Crippen LogP contribution in [0.5, 0.6) is 0 Å². The van der Waals surface area contributed by atoms with Gasteiger partial charge in [0.05, 0.1) is 5.75 Å². The lowest BCUT2D eigenvalue weighted by Crippen LogP contribution is -2.53. The van der Waals surface area contributed by atoms with Gasteiger partial charge in [0.2, 0.25) is 10.0 Å². The Labute approximate surface area is 128 Å². The molecular formula is C16H26N2O2S. The maximum atomic E-state index is 12.4. The molecule has 5 heteroatoms. The maximum Gasteiger partial charge on any atom is 0.216 e. The molecule has 2 rings (SSSR count). The molecule has 0 unspecified atom stereocenters. The summed E-state index contributed by atoms with van der Waals surface area (Å²) in [7, 11) is -3.27. The molecule has 1 fully saturated rings. The van der Waals surface area contributed by atoms with Crippen LogP contribution in [0.2, 0.25) is 0 Å². The van der Waals surface area contributed by atoms with E-state index in [-0.39, 0.29) is 11.3 Å². The van der Waals surface area contributed by atoms with Crippen molar-refractivity contribution in [3.8, 4) is 0 Å². The van der Waals surface area contributed by atoms with Crippen molar-refractivity contribution < 1.29 is 8.42 Å². The van der Waals surface area contributed by atoms with Crippen LogP contribution in [0.25, 0.3) is 0 Å². The molecule has 2 N–H and O–H groups in total. The highest BCUT2D eigenvalue weighted by Crippen LogP contribution is 2.35. The van der Waals surface area contributed by atoms with Crippen LogP contribution in [-0.2, 0) is 22.3 Å². The molecule has 0 heterocycles. The molecule has 118 valence electrons. The van der Waals surface area contributed by atoms with Crippen molar-refractivity contribution in [3.63, 3.8) is 0 Å². The third-order valence-electron chi connectivity index (χ3n) is 4.29. The van der Waals surface area contributed by atoms with E-state index in [0.717, 1.165) is 49.9 Å². The van der Waals surface area contributed by atoms with Crippen molar-refractivity contribution in [1.82, 2.24) is 10.0 Å². The lowest BCUT2D eigenvalue weighted by molar-refractivity contribution is 0.213. The SMILES string of the molecule is CCNCc1cccc(CS(=O)(=O)NC2(CC)CCC2)c1. The van der Waals surface area contributed by atoms with Crippen molar-refractivity contribution in [2.75, 3.05) is 6.54 Å². The van der Waals surface area contributed by atoms with Gasteiger partial charge in [0.25, 0.3) is 0 Å². The summed E-state index contributed by atoms with van der Waals surface area (Å²) < 4.78 is 27.7. The topological polar surface area (TPSA) is 58.2 Å². The Morgan fingerprint density at radius 1 is 1.19 bits per heavy atom. The summed E-state index contributed by atoms with van der Waals surface area (Å²) in [5, 5.41) is 3.26. The summed E-state index contributed by atoms with van der Waals surface area (Å²) in [6.07, 6.45) is 3.91. The molecule has 21 heavy (non-hydrogen) atoms. The van der Waals surface area contributed by atoms with Gasteiger partial charge >= 0.3 is 0 Å². The second-order valence-corrected chi connectivity index (χ2v) is 7.67. The van der Waals surface area contributed by atoms with E-state index in [0.29, 0.717) is 0 Å². The lowest BCUT2D eigenvalue weighted by atomic mass is 9.76. The van der Waals surface area contributed by atoms with Gasteiger partial charge in [-0.25, -0.2) is 13.1 Å². The average Bonchev–Trinajstić information content (AvgIpc) is 2.40. The Kier molecular flexibility index (Phi) is 5.41. The van der Waals surface area contributed by atoms with Gasteiger partial charge in [0, 0.05) is 12.1 Å². The first-order valence-electron chi connectivity index (χ1n) is 7.79. The van der Waals surface area contributed by atoms with Crippen LogP contribution >= 0.6 is 0 Å².